The first-order chi connectivity index (χ1) is 25.4. The lowest BCUT2D eigenvalue weighted by molar-refractivity contribution is -0.319. The maximum atomic E-state index is 14.2. The average Bonchev–Trinajstić information content (AvgIpc) is 3.39. The topological polar surface area (TPSA) is 311 Å². The minimum atomic E-state index is -2.19. The molecule has 54 heavy (non-hydrogen) atoms. The van der Waals surface area contributed by atoms with E-state index in [4.69, 9.17) is 42.7 Å². The molecule has 0 radical (unpaired) electrons. The van der Waals surface area contributed by atoms with E-state index in [2.05, 4.69) is 0 Å². The predicted octanol–water partition coefficient (Wildman–Crippen LogP) is -1.30. The summed E-state index contributed by atoms with van der Waals surface area (Å²) in [5.41, 5.74) is -5.34. The summed E-state index contributed by atoms with van der Waals surface area (Å²) in [6, 6.07) is 6.23. The van der Waals surface area contributed by atoms with Crippen molar-refractivity contribution in [2.24, 2.45) is 0 Å². The summed E-state index contributed by atoms with van der Waals surface area (Å²) in [6.45, 7) is -1.32. The lowest BCUT2D eigenvalue weighted by Crippen LogP contribution is -2.62. The normalized spacial score (nSPS) is 28.0. The van der Waals surface area contributed by atoms with Crippen molar-refractivity contribution in [3.63, 3.8) is 0 Å². The van der Waals surface area contributed by atoms with E-state index in [0.717, 1.165) is 13.0 Å². The van der Waals surface area contributed by atoms with Crippen molar-refractivity contribution in [2.75, 3.05) is 34.0 Å². The van der Waals surface area contributed by atoms with Crippen molar-refractivity contribution in [3.8, 4) is 40.1 Å². The van der Waals surface area contributed by atoms with Crippen LogP contribution in [0.5, 0.6) is 28.7 Å². The van der Waals surface area contributed by atoms with Gasteiger partial charge in [-0.05, 0) is 25.1 Å². The number of fused-ring (bicyclic) bond motifs is 1. The molecule has 0 aliphatic carbocycles. The van der Waals surface area contributed by atoms with Crippen LogP contribution in [0.25, 0.3) is 22.3 Å². The zero-order valence-electron chi connectivity index (χ0n) is 29.0. The molecule has 2 aliphatic heterocycles. The Labute approximate surface area is 304 Å². The molecule has 0 bridgehead atoms. The second-order valence-corrected chi connectivity index (χ2v) is 13.1. The molecule has 20 heteroatoms. The molecule has 0 unspecified atom stereocenters. The number of aromatic hydroxyl groups is 2. The third-order valence-corrected chi connectivity index (χ3v) is 8.80. The first-order valence-corrected chi connectivity index (χ1v) is 16.2. The second kappa shape index (κ2) is 15.9. The number of esters is 1. The number of rotatable bonds is 14. The quantitative estimate of drug-likeness (QED) is 0.0861. The fraction of sp³-hybridized carbons (Fsp3) is 0.500. The van der Waals surface area contributed by atoms with Crippen molar-refractivity contribution in [2.45, 2.75) is 74.1 Å². The molecule has 0 spiro atoms. The number of aliphatic hydroxyl groups excluding tert-OH is 4. The Balaban J connectivity index is 1.57. The number of phenolic OH excluding ortho intramolecular Hbond substituents is 2. The van der Waals surface area contributed by atoms with Gasteiger partial charge in [-0.1, -0.05) is 0 Å². The molecule has 3 heterocycles. The van der Waals surface area contributed by atoms with E-state index in [9.17, 15) is 55.2 Å². The van der Waals surface area contributed by atoms with Gasteiger partial charge >= 0.3 is 11.9 Å². The lowest BCUT2D eigenvalue weighted by Gasteiger charge is -2.42. The highest BCUT2D eigenvalue weighted by molar-refractivity contribution is 5.88. The molecule has 9 atom stereocenters. The van der Waals surface area contributed by atoms with Gasteiger partial charge in [-0.2, -0.15) is 0 Å². The van der Waals surface area contributed by atoms with E-state index in [0.29, 0.717) is 0 Å². The van der Waals surface area contributed by atoms with Crippen molar-refractivity contribution in [3.05, 3.63) is 40.6 Å². The highest BCUT2D eigenvalue weighted by Gasteiger charge is 2.54. The van der Waals surface area contributed by atoms with Gasteiger partial charge < -0.3 is 83.5 Å². The van der Waals surface area contributed by atoms with E-state index < -0.39 is 121 Å². The largest absolute Gasteiger partial charge is 0.507 e. The third kappa shape index (κ3) is 8.31. The third-order valence-electron chi connectivity index (χ3n) is 8.80. The van der Waals surface area contributed by atoms with Gasteiger partial charge in [-0.3, -0.25) is 14.4 Å². The van der Waals surface area contributed by atoms with Crippen LogP contribution in [0, 0.1) is 0 Å². The SMILES string of the molecule is COc1cc(O)c2c(=O)c(O[C@H]3O[C@H](COC(=O)C[C@@](C)(O)CC(=O)O)[C@H](O)[C@@H](O)[C@@H]3O[C@@H]3OC[C@@](O)(CO)[C@@H]3O)c(-c3ccc(O)c(OC)c3)oc2c1. The summed E-state index contributed by atoms with van der Waals surface area (Å²) < 4.78 is 44.5. The van der Waals surface area contributed by atoms with E-state index in [1.165, 1.54) is 38.5 Å². The standard InChI is InChI=1S/C34H40O20/c1-33(45,9-21(38)39)10-22(40)49-11-20-24(41)26(43)29(54-32-30(44)34(46,12-35)13-50-32)31(52-20)53-28-25(42)23-17(37)7-15(47-2)8-19(23)51-27(28)14-4-5-16(36)18(6-14)48-3/h4-8,20,24,26,29-32,35-37,41,43-46H,9-13H2,1-3H3,(H,38,39)/t20-,24+,26-,29+,30-,31-,32+,33+,34+/m1/s1. The smallest absolute Gasteiger partial charge is 0.308 e. The number of methoxy groups -OCH3 is 2. The zero-order valence-corrected chi connectivity index (χ0v) is 29.0. The Morgan fingerprint density at radius 1 is 1.00 bits per heavy atom. The Bertz CT molecular complexity index is 1910. The van der Waals surface area contributed by atoms with Gasteiger partial charge in [0.2, 0.25) is 17.5 Å². The van der Waals surface area contributed by atoms with Crippen LogP contribution in [0.1, 0.15) is 19.8 Å². The molecule has 2 aromatic carbocycles. The maximum Gasteiger partial charge on any atom is 0.308 e. The van der Waals surface area contributed by atoms with Crippen LogP contribution < -0.4 is 19.6 Å². The van der Waals surface area contributed by atoms with Crippen LogP contribution in [0.4, 0.5) is 0 Å². The van der Waals surface area contributed by atoms with Crippen molar-refractivity contribution in [1.82, 2.24) is 0 Å². The van der Waals surface area contributed by atoms with E-state index in [-0.39, 0.29) is 34.2 Å². The molecule has 5 rings (SSSR count). The van der Waals surface area contributed by atoms with Crippen LogP contribution in [0.15, 0.2) is 39.5 Å². The summed E-state index contributed by atoms with van der Waals surface area (Å²) in [5, 5.41) is 93.1. The van der Waals surface area contributed by atoms with Crippen molar-refractivity contribution < 1.29 is 93.1 Å². The van der Waals surface area contributed by atoms with E-state index in [1.807, 2.05) is 0 Å². The van der Waals surface area contributed by atoms with Crippen molar-refractivity contribution >= 4 is 22.9 Å². The Morgan fingerprint density at radius 3 is 2.35 bits per heavy atom. The van der Waals surface area contributed by atoms with Crippen molar-refractivity contribution in [1.29, 1.82) is 0 Å². The van der Waals surface area contributed by atoms with Crippen LogP contribution in [0.2, 0.25) is 0 Å². The molecule has 2 aliphatic rings. The van der Waals surface area contributed by atoms with Gasteiger partial charge in [0.1, 0.15) is 59.1 Å². The molecule has 0 amide bonds. The maximum absolute atomic E-state index is 14.2. The van der Waals surface area contributed by atoms with Gasteiger partial charge in [0, 0.05) is 17.7 Å². The Morgan fingerprint density at radius 2 is 1.72 bits per heavy atom. The summed E-state index contributed by atoms with van der Waals surface area (Å²) in [6.07, 6.45) is -14.8. The van der Waals surface area contributed by atoms with E-state index >= 15 is 0 Å². The Kier molecular flexibility index (Phi) is 11.9. The fourth-order valence-corrected chi connectivity index (χ4v) is 5.88. The molecule has 2 fully saturated rings. The molecule has 0 saturated carbocycles. The first-order valence-electron chi connectivity index (χ1n) is 16.2. The molecule has 1 aromatic heterocycles. The highest BCUT2D eigenvalue weighted by atomic mass is 16.8. The minimum Gasteiger partial charge on any atom is -0.507 e. The predicted molar refractivity (Wildman–Crippen MR) is 177 cm³/mol. The number of benzene rings is 2. The number of carboxylic acid groups (broad SMARTS) is 1. The number of aliphatic hydroxyl groups is 6. The van der Waals surface area contributed by atoms with Gasteiger partial charge in [-0.25, -0.2) is 0 Å². The molecular formula is C34H40O20. The van der Waals surface area contributed by atoms with Crippen LogP contribution in [0.3, 0.4) is 0 Å². The van der Waals surface area contributed by atoms with Crippen LogP contribution in [-0.2, 0) is 28.5 Å². The summed E-state index contributed by atoms with van der Waals surface area (Å²) in [4.78, 5) is 37.8. The van der Waals surface area contributed by atoms with E-state index in [1.54, 1.807) is 0 Å². The molecule has 2 saturated heterocycles. The molecular weight excluding hydrogens is 728 g/mol. The van der Waals surface area contributed by atoms with Gasteiger partial charge in [-0.15, -0.1) is 0 Å². The molecule has 9 N–H and O–H groups in total. The summed E-state index contributed by atoms with van der Waals surface area (Å²) >= 11 is 0. The van der Waals surface area contributed by atoms with Gasteiger partial charge in [0.25, 0.3) is 0 Å². The summed E-state index contributed by atoms with van der Waals surface area (Å²) in [5.74, 6) is -4.39. The number of ether oxygens (including phenoxy) is 7. The number of aliphatic carboxylic acids is 1. The molecule has 3 aromatic rings. The Hall–Kier alpha value is -4.77. The molecule has 20 nitrogen and oxygen atoms in total. The lowest BCUT2D eigenvalue weighted by atomic mass is 9.97. The number of carbonyl (C=O) groups excluding carboxylic acids is 1. The number of carboxylic acids is 1. The molecule has 296 valence electrons. The number of hydrogen-bond donors (Lipinski definition) is 9. The number of carbonyl (C=O) groups is 2. The second-order valence-electron chi connectivity index (χ2n) is 13.1. The highest BCUT2D eigenvalue weighted by Crippen LogP contribution is 2.40. The van der Waals surface area contributed by atoms with Gasteiger partial charge in [0.15, 0.2) is 29.7 Å². The fourth-order valence-electron chi connectivity index (χ4n) is 5.88. The summed E-state index contributed by atoms with van der Waals surface area (Å²) in [7, 11) is 2.57. The number of phenols is 2. The average molecular weight is 769 g/mol. The monoisotopic (exact) mass is 768 g/mol. The van der Waals surface area contributed by atoms with Gasteiger partial charge in [0.05, 0.1) is 45.9 Å². The minimum absolute atomic E-state index is 0.0590. The zero-order chi connectivity index (χ0) is 39.7. The van der Waals surface area contributed by atoms with Crippen LogP contribution in [-0.4, -0.2) is 146 Å². The number of hydrogen-bond acceptors (Lipinski definition) is 19. The first kappa shape index (κ1) is 40.4. The van der Waals surface area contributed by atoms with Crippen LogP contribution >= 0.6 is 0 Å².